The Morgan fingerprint density at radius 2 is 1.82 bits per heavy atom. The van der Waals surface area contributed by atoms with Crippen LogP contribution in [0.25, 0.3) is 0 Å². The minimum absolute atomic E-state index is 0.0268. The van der Waals surface area contributed by atoms with E-state index in [4.69, 9.17) is 0 Å². The minimum atomic E-state index is -0.130. The van der Waals surface area contributed by atoms with Crippen LogP contribution in [0.4, 0.5) is 5.69 Å². The van der Waals surface area contributed by atoms with Gasteiger partial charge in [-0.1, -0.05) is 62.4 Å². The van der Waals surface area contributed by atoms with Gasteiger partial charge in [0.1, 0.15) is 0 Å². The van der Waals surface area contributed by atoms with E-state index in [9.17, 15) is 9.59 Å². The lowest BCUT2D eigenvalue weighted by Gasteiger charge is -2.24. The number of hydrogen-bond donors (Lipinski definition) is 2. The summed E-state index contributed by atoms with van der Waals surface area (Å²) in [5.41, 5.74) is 3.61. The Morgan fingerprint density at radius 1 is 1.11 bits per heavy atom. The van der Waals surface area contributed by atoms with Gasteiger partial charge in [0.15, 0.2) is 0 Å². The SMILES string of the molecule is CC1(C)[C@H](CNC(=O)CC[C@@H]2Cc3ccccc3NC2=O)[C@H]1c1ccccc1. The Hall–Kier alpha value is -2.62. The summed E-state index contributed by atoms with van der Waals surface area (Å²) in [5, 5.41) is 6.06. The van der Waals surface area contributed by atoms with E-state index in [0.717, 1.165) is 11.3 Å². The monoisotopic (exact) mass is 376 g/mol. The maximum Gasteiger partial charge on any atom is 0.227 e. The second-order valence-electron chi connectivity index (χ2n) is 8.71. The second-order valence-corrected chi connectivity index (χ2v) is 8.71. The van der Waals surface area contributed by atoms with Crippen LogP contribution in [0.15, 0.2) is 54.6 Å². The number of benzene rings is 2. The molecule has 0 spiro atoms. The van der Waals surface area contributed by atoms with E-state index in [0.29, 0.717) is 37.6 Å². The van der Waals surface area contributed by atoms with Crippen molar-refractivity contribution in [3.8, 4) is 0 Å². The molecular formula is C24H28N2O2. The quantitative estimate of drug-likeness (QED) is 0.796. The zero-order chi connectivity index (χ0) is 19.7. The Labute approximate surface area is 166 Å². The van der Waals surface area contributed by atoms with Crippen LogP contribution in [0.2, 0.25) is 0 Å². The van der Waals surface area contributed by atoms with Crippen molar-refractivity contribution in [1.82, 2.24) is 5.32 Å². The van der Waals surface area contributed by atoms with Crippen molar-refractivity contribution in [1.29, 1.82) is 0 Å². The molecule has 4 nitrogen and oxygen atoms in total. The molecule has 1 aliphatic heterocycles. The molecule has 1 heterocycles. The fourth-order valence-corrected chi connectivity index (χ4v) is 4.71. The van der Waals surface area contributed by atoms with E-state index in [2.05, 4.69) is 48.7 Å². The number of hydrogen-bond acceptors (Lipinski definition) is 2. The normalized spacial score (nSPS) is 24.8. The summed E-state index contributed by atoms with van der Waals surface area (Å²) >= 11 is 0. The van der Waals surface area contributed by atoms with Gasteiger partial charge in [-0.15, -0.1) is 0 Å². The molecule has 3 atom stereocenters. The number of rotatable bonds is 6. The topological polar surface area (TPSA) is 58.2 Å². The molecule has 2 aliphatic rings. The number of fused-ring (bicyclic) bond motifs is 1. The van der Waals surface area contributed by atoms with Crippen molar-refractivity contribution >= 4 is 17.5 Å². The van der Waals surface area contributed by atoms with Gasteiger partial charge in [-0.3, -0.25) is 9.59 Å². The third-order valence-corrected chi connectivity index (χ3v) is 6.56. The molecule has 0 aromatic heterocycles. The summed E-state index contributed by atoms with van der Waals surface area (Å²) in [4.78, 5) is 24.7. The Balaban J connectivity index is 1.26. The molecule has 4 rings (SSSR count). The fourth-order valence-electron chi connectivity index (χ4n) is 4.71. The van der Waals surface area contributed by atoms with Gasteiger partial charge in [0.2, 0.25) is 11.8 Å². The van der Waals surface area contributed by atoms with Crippen LogP contribution in [0.5, 0.6) is 0 Å². The predicted octanol–water partition coefficient (Wildman–Crippen LogP) is 4.13. The van der Waals surface area contributed by atoms with Crippen LogP contribution in [-0.2, 0) is 16.0 Å². The molecule has 0 saturated heterocycles. The molecule has 0 radical (unpaired) electrons. The maximum atomic E-state index is 12.4. The van der Waals surface area contributed by atoms with Gasteiger partial charge in [-0.25, -0.2) is 0 Å². The molecule has 1 aliphatic carbocycles. The number of nitrogens with one attached hydrogen (secondary N) is 2. The summed E-state index contributed by atoms with van der Waals surface area (Å²) in [6.45, 7) is 5.24. The van der Waals surface area contributed by atoms with E-state index in [1.807, 2.05) is 30.3 Å². The first-order valence-corrected chi connectivity index (χ1v) is 10.2. The van der Waals surface area contributed by atoms with E-state index >= 15 is 0 Å². The van der Waals surface area contributed by atoms with Crippen molar-refractivity contribution in [2.75, 3.05) is 11.9 Å². The predicted molar refractivity (Wildman–Crippen MR) is 111 cm³/mol. The first-order valence-electron chi connectivity index (χ1n) is 10.2. The minimum Gasteiger partial charge on any atom is -0.356 e. The summed E-state index contributed by atoms with van der Waals surface area (Å²) in [6.07, 6.45) is 1.69. The van der Waals surface area contributed by atoms with Crippen molar-refractivity contribution in [3.05, 3.63) is 65.7 Å². The molecule has 2 N–H and O–H groups in total. The number of amides is 2. The Morgan fingerprint density at radius 3 is 2.61 bits per heavy atom. The molecule has 0 bridgehead atoms. The van der Waals surface area contributed by atoms with Crippen LogP contribution in [0.1, 0.15) is 43.7 Å². The Bertz CT molecular complexity index is 875. The second kappa shape index (κ2) is 7.42. The van der Waals surface area contributed by atoms with Crippen LogP contribution in [0.3, 0.4) is 0 Å². The van der Waals surface area contributed by atoms with Gasteiger partial charge in [-0.05, 0) is 47.3 Å². The lowest BCUT2D eigenvalue weighted by Crippen LogP contribution is -2.32. The number of carbonyl (C=O) groups is 2. The van der Waals surface area contributed by atoms with E-state index < -0.39 is 0 Å². The molecule has 2 aromatic carbocycles. The molecule has 1 fully saturated rings. The highest BCUT2D eigenvalue weighted by Gasteiger charge is 2.57. The summed E-state index contributed by atoms with van der Waals surface area (Å²) < 4.78 is 0. The van der Waals surface area contributed by atoms with E-state index in [1.54, 1.807) is 0 Å². The first kappa shape index (κ1) is 18.7. The van der Waals surface area contributed by atoms with Crippen LogP contribution in [0, 0.1) is 17.3 Å². The largest absolute Gasteiger partial charge is 0.356 e. The highest BCUT2D eigenvalue weighted by Crippen LogP contribution is 2.63. The van der Waals surface area contributed by atoms with Gasteiger partial charge < -0.3 is 10.6 Å². The van der Waals surface area contributed by atoms with Crippen LogP contribution in [-0.4, -0.2) is 18.4 Å². The van der Waals surface area contributed by atoms with Crippen molar-refractivity contribution in [3.63, 3.8) is 0 Å². The number of carbonyl (C=O) groups excluding carboxylic acids is 2. The third kappa shape index (κ3) is 3.68. The lowest BCUT2D eigenvalue weighted by molar-refractivity contribution is -0.122. The molecule has 4 heteroatoms. The van der Waals surface area contributed by atoms with Gasteiger partial charge >= 0.3 is 0 Å². The van der Waals surface area contributed by atoms with Gasteiger partial charge in [0.25, 0.3) is 0 Å². The molecule has 28 heavy (non-hydrogen) atoms. The Kier molecular flexibility index (Phi) is 4.96. The van der Waals surface area contributed by atoms with Gasteiger partial charge in [-0.2, -0.15) is 0 Å². The molecule has 1 saturated carbocycles. The van der Waals surface area contributed by atoms with Crippen molar-refractivity contribution in [2.24, 2.45) is 17.3 Å². The molecule has 0 unspecified atom stereocenters. The molecule has 2 amide bonds. The maximum absolute atomic E-state index is 12.4. The summed E-state index contributed by atoms with van der Waals surface area (Å²) in [5.74, 6) is 0.897. The van der Waals surface area contributed by atoms with Crippen molar-refractivity contribution < 1.29 is 9.59 Å². The molecule has 2 aromatic rings. The van der Waals surface area contributed by atoms with Crippen LogP contribution < -0.4 is 10.6 Å². The lowest BCUT2D eigenvalue weighted by atomic mass is 9.89. The molecule has 146 valence electrons. The summed E-state index contributed by atoms with van der Waals surface area (Å²) in [6, 6.07) is 18.4. The fraction of sp³-hybridized carbons (Fsp3) is 0.417. The van der Waals surface area contributed by atoms with Gasteiger partial charge in [0, 0.05) is 24.6 Å². The summed E-state index contributed by atoms with van der Waals surface area (Å²) in [7, 11) is 0. The zero-order valence-corrected chi connectivity index (χ0v) is 16.6. The third-order valence-electron chi connectivity index (χ3n) is 6.56. The highest BCUT2D eigenvalue weighted by atomic mass is 16.2. The van der Waals surface area contributed by atoms with Crippen molar-refractivity contribution in [2.45, 2.75) is 39.0 Å². The smallest absolute Gasteiger partial charge is 0.227 e. The van der Waals surface area contributed by atoms with E-state index in [1.165, 1.54) is 5.56 Å². The average Bonchev–Trinajstić information content (AvgIpc) is 3.25. The number of anilines is 1. The number of para-hydroxylation sites is 1. The average molecular weight is 377 g/mol. The molecular weight excluding hydrogens is 348 g/mol. The van der Waals surface area contributed by atoms with E-state index in [-0.39, 0.29) is 23.1 Å². The zero-order valence-electron chi connectivity index (χ0n) is 16.6. The van der Waals surface area contributed by atoms with Crippen LogP contribution >= 0.6 is 0 Å². The standard InChI is InChI=1S/C24H28N2O2/c1-24(2)19(22(24)16-8-4-3-5-9-16)15-25-21(27)13-12-18-14-17-10-6-7-11-20(17)26-23(18)28/h3-11,18-19,22H,12-15H2,1-2H3,(H,25,27)(H,26,28)/t18-,19-,22-/m1/s1. The first-order chi connectivity index (χ1) is 13.5. The highest BCUT2D eigenvalue weighted by molar-refractivity contribution is 5.96. The van der Waals surface area contributed by atoms with Gasteiger partial charge in [0.05, 0.1) is 0 Å².